The van der Waals surface area contributed by atoms with Crippen molar-refractivity contribution in [1.29, 1.82) is 0 Å². The summed E-state index contributed by atoms with van der Waals surface area (Å²) in [5.74, 6) is 0.0753. The van der Waals surface area contributed by atoms with Crippen molar-refractivity contribution in [3.05, 3.63) is 82.7 Å². The van der Waals surface area contributed by atoms with E-state index >= 15 is 0 Å². The van der Waals surface area contributed by atoms with Gasteiger partial charge in [0.15, 0.2) is 0 Å². The van der Waals surface area contributed by atoms with E-state index in [1.54, 1.807) is 12.1 Å². The normalized spacial score (nSPS) is 20.6. The second kappa shape index (κ2) is 10.8. The van der Waals surface area contributed by atoms with Gasteiger partial charge in [0, 0.05) is 12.0 Å². The van der Waals surface area contributed by atoms with Crippen LogP contribution >= 0.6 is 0 Å². The molecule has 1 aliphatic rings. The molecule has 3 aromatic rings. The molecule has 1 aliphatic carbocycles. The monoisotopic (exact) mass is 530 g/mol. The van der Waals surface area contributed by atoms with Crippen molar-refractivity contribution in [3.63, 3.8) is 0 Å². The van der Waals surface area contributed by atoms with Crippen molar-refractivity contribution in [2.24, 2.45) is 0 Å². The summed E-state index contributed by atoms with van der Waals surface area (Å²) in [5, 5.41) is 6.65. The molecule has 12 heteroatoms. The van der Waals surface area contributed by atoms with Crippen LogP contribution in [-0.4, -0.2) is 45.9 Å². The molecule has 37 heavy (non-hydrogen) atoms. The van der Waals surface area contributed by atoms with E-state index in [0.717, 1.165) is 24.1 Å². The second-order valence-corrected chi connectivity index (χ2v) is 9.14. The van der Waals surface area contributed by atoms with Gasteiger partial charge in [0.2, 0.25) is 0 Å². The van der Waals surface area contributed by atoms with Crippen LogP contribution in [0, 0.1) is 5.82 Å². The van der Waals surface area contributed by atoms with Crippen LogP contribution < -0.4 is 0 Å². The minimum atomic E-state index is -4.91. The van der Waals surface area contributed by atoms with Crippen molar-refractivity contribution in [3.8, 4) is 0 Å². The van der Waals surface area contributed by atoms with Gasteiger partial charge in [-0.05, 0) is 67.8 Å². The SMILES string of the molecule is CN(Cc1ncn[nH]1)[C@@H]1CC[C@H](OCCc2cc(C(F)(F)F)cc(C(F)(F)F)c2)[C@H]1c1ccc(F)cc1. The van der Waals surface area contributed by atoms with Crippen molar-refractivity contribution >= 4 is 0 Å². The number of benzene rings is 2. The quantitative estimate of drug-likeness (QED) is 0.364. The van der Waals surface area contributed by atoms with Crippen LogP contribution in [0.25, 0.3) is 0 Å². The highest BCUT2D eigenvalue weighted by Gasteiger charge is 2.40. The Kier molecular flexibility index (Phi) is 7.88. The summed E-state index contributed by atoms with van der Waals surface area (Å²) in [5.41, 5.74) is -1.98. The molecular weight excluding hydrogens is 505 g/mol. The van der Waals surface area contributed by atoms with E-state index in [9.17, 15) is 30.7 Å². The zero-order valence-corrected chi connectivity index (χ0v) is 19.8. The molecular formula is C25H25F7N4O. The predicted molar refractivity (Wildman–Crippen MR) is 120 cm³/mol. The number of halogens is 7. The van der Waals surface area contributed by atoms with E-state index < -0.39 is 29.3 Å². The fourth-order valence-corrected chi connectivity index (χ4v) is 4.90. The number of hydrogen-bond acceptors (Lipinski definition) is 4. The number of alkyl halides is 6. The fourth-order valence-electron chi connectivity index (χ4n) is 4.90. The highest BCUT2D eigenvalue weighted by atomic mass is 19.4. The third-order valence-electron chi connectivity index (χ3n) is 6.62. The Morgan fingerprint density at radius 3 is 2.19 bits per heavy atom. The first-order valence-electron chi connectivity index (χ1n) is 11.6. The highest BCUT2D eigenvalue weighted by Crippen LogP contribution is 2.40. The first-order valence-corrected chi connectivity index (χ1v) is 11.6. The number of rotatable bonds is 8. The van der Waals surface area contributed by atoms with Crippen LogP contribution in [0.5, 0.6) is 0 Å². The van der Waals surface area contributed by atoms with E-state index in [1.165, 1.54) is 18.5 Å². The highest BCUT2D eigenvalue weighted by molar-refractivity contribution is 5.34. The van der Waals surface area contributed by atoms with Gasteiger partial charge in [-0.2, -0.15) is 31.4 Å². The summed E-state index contributed by atoms with van der Waals surface area (Å²) in [6.07, 6.45) is -7.56. The van der Waals surface area contributed by atoms with Gasteiger partial charge in [0.1, 0.15) is 18.0 Å². The number of aromatic amines is 1. The fraction of sp³-hybridized carbons (Fsp3) is 0.440. The van der Waals surface area contributed by atoms with Crippen LogP contribution in [0.4, 0.5) is 30.7 Å². The Labute approximate surface area is 208 Å². The first-order chi connectivity index (χ1) is 17.4. The lowest BCUT2D eigenvalue weighted by atomic mass is 9.91. The maximum absolute atomic E-state index is 13.6. The topological polar surface area (TPSA) is 54.0 Å². The van der Waals surface area contributed by atoms with Gasteiger partial charge in [0.05, 0.1) is 30.4 Å². The maximum Gasteiger partial charge on any atom is 0.416 e. The third kappa shape index (κ3) is 6.67. The third-order valence-corrected chi connectivity index (χ3v) is 6.62. The maximum atomic E-state index is 13.6. The predicted octanol–water partition coefficient (Wildman–Crippen LogP) is 5.99. The average molecular weight is 530 g/mol. The standard InChI is InChI=1S/C25H25F7N4O/c1-36(13-22-33-14-34-35-22)20-6-7-21(23(20)16-2-4-19(26)5-3-16)37-9-8-15-10-17(24(27,28)29)12-18(11-15)25(30,31)32/h2-5,10-12,14,20-21,23H,6-9,13H2,1H3,(H,33,34,35)/t20-,21+,23+/m1/s1. The molecule has 0 unspecified atom stereocenters. The molecule has 1 heterocycles. The van der Waals surface area contributed by atoms with Gasteiger partial charge in [-0.25, -0.2) is 9.37 Å². The molecule has 1 saturated carbocycles. The number of likely N-dealkylation sites (N-methyl/N-ethyl adjacent to an activating group) is 1. The molecule has 4 rings (SSSR count). The summed E-state index contributed by atoms with van der Waals surface area (Å²) in [4.78, 5) is 6.21. The minimum absolute atomic E-state index is 0.0223. The Bertz CT molecular complexity index is 1130. The first kappa shape index (κ1) is 27.1. The van der Waals surface area contributed by atoms with Crippen LogP contribution in [0.15, 0.2) is 48.8 Å². The average Bonchev–Trinajstić information content (AvgIpc) is 3.48. The van der Waals surface area contributed by atoms with Crippen molar-refractivity contribution < 1.29 is 35.5 Å². The zero-order chi connectivity index (χ0) is 26.8. The molecule has 0 amide bonds. The van der Waals surface area contributed by atoms with Crippen LogP contribution in [0.2, 0.25) is 0 Å². The lowest BCUT2D eigenvalue weighted by molar-refractivity contribution is -0.143. The molecule has 0 saturated heterocycles. The number of ether oxygens (including phenoxy) is 1. The van der Waals surface area contributed by atoms with Crippen molar-refractivity contribution in [2.45, 2.75) is 56.2 Å². The van der Waals surface area contributed by atoms with Gasteiger partial charge in [-0.3, -0.25) is 10.00 Å². The van der Waals surface area contributed by atoms with Crippen molar-refractivity contribution in [1.82, 2.24) is 20.1 Å². The summed E-state index contributed by atoms with van der Waals surface area (Å²) < 4.78 is 98.7. The van der Waals surface area contributed by atoms with E-state index in [1.807, 2.05) is 7.05 Å². The molecule has 5 nitrogen and oxygen atoms in total. The molecule has 0 aliphatic heterocycles. The summed E-state index contributed by atoms with van der Waals surface area (Å²) in [6, 6.07) is 7.56. The molecule has 0 spiro atoms. The summed E-state index contributed by atoms with van der Waals surface area (Å²) >= 11 is 0. The van der Waals surface area contributed by atoms with Crippen LogP contribution in [0.3, 0.4) is 0 Å². The van der Waals surface area contributed by atoms with Crippen LogP contribution in [-0.2, 0) is 30.1 Å². The van der Waals surface area contributed by atoms with Crippen LogP contribution in [0.1, 0.15) is 46.8 Å². The molecule has 2 aromatic carbocycles. The van der Waals surface area contributed by atoms with E-state index in [2.05, 4.69) is 20.1 Å². The van der Waals surface area contributed by atoms with E-state index in [4.69, 9.17) is 4.74 Å². The Balaban J connectivity index is 1.50. The van der Waals surface area contributed by atoms with Gasteiger partial charge >= 0.3 is 12.4 Å². The largest absolute Gasteiger partial charge is 0.416 e. The van der Waals surface area contributed by atoms with Gasteiger partial charge in [-0.1, -0.05) is 12.1 Å². The number of aromatic nitrogens is 3. The molecule has 0 radical (unpaired) electrons. The molecule has 3 atom stereocenters. The molecule has 200 valence electrons. The smallest absolute Gasteiger partial charge is 0.377 e. The summed E-state index contributed by atoms with van der Waals surface area (Å²) in [7, 11) is 1.91. The minimum Gasteiger partial charge on any atom is -0.377 e. The van der Waals surface area contributed by atoms with Gasteiger partial charge < -0.3 is 4.74 Å². The Morgan fingerprint density at radius 1 is 0.973 bits per heavy atom. The Morgan fingerprint density at radius 2 is 1.62 bits per heavy atom. The number of hydrogen-bond donors (Lipinski definition) is 1. The zero-order valence-electron chi connectivity index (χ0n) is 19.8. The molecule has 1 aromatic heterocycles. The summed E-state index contributed by atoms with van der Waals surface area (Å²) in [6.45, 7) is 0.402. The van der Waals surface area contributed by atoms with E-state index in [-0.39, 0.29) is 42.7 Å². The Hall–Kier alpha value is -2.99. The molecule has 1 fully saturated rings. The van der Waals surface area contributed by atoms with Gasteiger partial charge in [0.25, 0.3) is 0 Å². The van der Waals surface area contributed by atoms with Crippen molar-refractivity contribution in [2.75, 3.05) is 13.7 Å². The number of nitrogens with one attached hydrogen (secondary N) is 1. The lowest BCUT2D eigenvalue weighted by Crippen LogP contribution is -2.36. The van der Waals surface area contributed by atoms with E-state index in [0.29, 0.717) is 18.8 Å². The number of H-pyrrole nitrogens is 1. The number of nitrogens with zero attached hydrogens (tertiary/aromatic N) is 3. The molecule has 1 N–H and O–H groups in total. The molecule has 0 bridgehead atoms. The second-order valence-electron chi connectivity index (χ2n) is 9.14. The lowest BCUT2D eigenvalue weighted by Gasteiger charge is -2.32. The van der Waals surface area contributed by atoms with Gasteiger partial charge in [-0.15, -0.1) is 0 Å².